The molecule has 4 rings (SSSR count). The van der Waals surface area contributed by atoms with Gasteiger partial charge in [0.2, 0.25) is 17.6 Å². The fourth-order valence-electron chi connectivity index (χ4n) is 3.40. The van der Waals surface area contributed by atoms with Crippen molar-refractivity contribution in [3.63, 3.8) is 0 Å². The zero-order chi connectivity index (χ0) is 18.6. The molecule has 1 aromatic heterocycles. The molecule has 138 valence electrons. The minimum absolute atomic E-state index is 0.0279. The molecule has 1 amide bonds. The van der Waals surface area contributed by atoms with E-state index in [1.165, 1.54) is 12.1 Å². The number of benzene rings is 2. The van der Waals surface area contributed by atoms with Gasteiger partial charge in [-0.15, -0.1) is 0 Å². The smallest absolute Gasteiger partial charge is 0.231 e. The van der Waals surface area contributed by atoms with Crippen molar-refractivity contribution < 1.29 is 13.7 Å². The van der Waals surface area contributed by atoms with Gasteiger partial charge < -0.3 is 9.42 Å². The molecule has 2 aromatic carbocycles. The number of hydrogen-bond donors (Lipinski definition) is 0. The van der Waals surface area contributed by atoms with Crippen LogP contribution in [0, 0.1) is 5.82 Å². The van der Waals surface area contributed by atoms with Crippen molar-refractivity contribution in [3.8, 4) is 11.4 Å². The van der Waals surface area contributed by atoms with Crippen molar-refractivity contribution in [1.29, 1.82) is 0 Å². The van der Waals surface area contributed by atoms with Crippen LogP contribution in [0.2, 0.25) is 0 Å². The topological polar surface area (TPSA) is 59.2 Å². The monoisotopic (exact) mass is 365 g/mol. The maximum absolute atomic E-state index is 13.1. The molecule has 0 spiro atoms. The van der Waals surface area contributed by atoms with E-state index in [0.717, 1.165) is 24.9 Å². The molecule has 0 aliphatic carbocycles. The highest BCUT2D eigenvalue weighted by Crippen LogP contribution is 2.28. The average molecular weight is 365 g/mol. The van der Waals surface area contributed by atoms with Crippen molar-refractivity contribution >= 4 is 5.91 Å². The lowest BCUT2D eigenvalue weighted by Gasteiger charge is -2.31. The van der Waals surface area contributed by atoms with Crippen LogP contribution >= 0.6 is 0 Å². The Hall–Kier alpha value is -3.02. The number of hydrogen-bond acceptors (Lipinski definition) is 4. The van der Waals surface area contributed by atoms with Gasteiger partial charge in [-0.05, 0) is 42.7 Å². The largest absolute Gasteiger partial charge is 0.342 e. The summed E-state index contributed by atoms with van der Waals surface area (Å²) in [5.41, 5.74) is 1.72. The first-order valence-corrected chi connectivity index (χ1v) is 9.10. The van der Waals surface area contributed by atoms with E-state index in [4.69, 9.17) is 4.52 Å². The number of rotatable bonds is 4. The molecule has 27 heavy (non-hydrogen) atoms. The van der Waals surface area contributed by atoms with Crippen LogP contribution in [-0.2, 0) is 11.2 Å². The summed E-state index contributed by atoms with van der Waals surface area (Å²) in [4.78, 5) is 19.0. The Labute approximate surface area is 156 Å². The number of amides is 1. The van der Waals surface area contributed by atoms with Gasteiger partial charge in [0.05, 0.1) is 12.3 Å². The van der Waals surface area contributed by atoms with Crippen LogP contribution in [0.3, 0.4) is 0 Å². The van der Waals surface area contributed by atoms with Gasteiger partial charge in [-0.2, -0.15) is 4.98 Å². The van der Waals surface area contributed by atoms with Gasteiger partial charge in [-0.1, -0.05) is 35.5 Å². The molecule has 3 aromatic rings. The van der Waals surface area contributed by atoms with Crippen LogP contribution in [0.4, 0.5) is 4.39 Å². The van der Waals surface area contributed by atoms with E-state index >= 15 is 0 Å². The highest BCUT2D eigenvalue weighted by Gasteiger charge is 2.28. The van der Waals surface area contributed by atoms with Crippen molar-refractivity contribution in [1.82, 2.24) is 15.0 Å². The molecule has 1 aliphatic rings. The summed E-state index contributed by atoms with van der Waals surface area (Å²) >= 11 is 0. The van der Waals surface area contributed by atoms with Crippen molar-refractivity contribution in [2.75, 3.05) is 13.1 Å². The van der Waals surface area contributed by atoms with Gasteiger partial charge in [0.25, 0.3) is 0 Å². The number of nitrogens with zero attached hydrogens (tertiary/aromatic N) is 3. The zero-order valence-corrected chi connectivity index (χ0v) is 14.8. The molecule has 2 heterocycles. The fraction of sp³-hybridized carbons (Fsp3) is 0.286. The van der Waals surface area contributed by atoms with Crippen LogP contribution in [-0.4, -0.2) is 34.0 Å². The number of halogens is 1. The second-order valence-electron chi connectivity index (χ2n) is 6.80. The number of carbonyl (C=O) groups excluding carboxylic acids is 1. The lowest BCUT2D eigenvalue weighted by molar-refractivity contribution is -0.131. The number of carbonyl (C=O) groups is 1. The number of aromatic nitrogens is 2. The summed E-state index contributed by atoms with van der Waals surface area (Å²) in [6.45, 7) is 1.33. The van der Waals surface area contributed by atoms with Gasteiger partial charge in [0.1, 0.15) is 5.82 Å². The second kappa shape index (κ2) is 7.70. The SMILES string of the molecule is O=C(Cc1ccccc1)N1CCCC(c2nc(-c3ccc(F)cc3)no2)C1. The lowest BCUT2D eigenvalue weighted by Crippen LogP contribution is -2.40. The van der Waals surface area contributed by atoms with Gasteiger partial charge >= 0.3 is 0 Å². The van der Waals surface area contributed by atoms with Crippen LogP contribution in [0.15, 0.2) is 59.1 Å². The van der Waals surface area contributed by atoms with E-state index in [0.29, 0.717) is 30.2 Å². The van der Waals surface area contributed by atoms with E-state index in [1.807, 2.05) is 35.2 Å². The first kappa shape index (κ1) is 17.4. The van der Waals surface area contributed by atoms with Gasteiger partial charge in [-0.3, -0.25) is 4.79 Å². The summed E-state index contributed by atoms with van der Waals surface area (Å²) in [6, 6.07) is 15.7. The molecule has 0 bridgehead atoms. The highest BCUT2D eigenvalue weighted by molar-refractivity contribution is 5.79. The fourth-order valence-corrected chi connectivity index (χ4v) is 3.40. The summed E-state index contributed by atoms with van der Waals surface area (Å²) in [5, 5.41) is 4.02. The molecular formula is C21H20FN3O2. The predicted molar refractivity (Wildman–Crippen MR) is 98.4 cm³/mol. The molecule has 1 atom stereocenters. The molecule has 6 heteroatoms. The summed E-state index contributed by atoms with van der Waals surface area (Å²) < 4.78 is 18.5. The third-order valence-electron chi connectivity index (χ3n) is 4.87. The maximum atomic E-state index is 13.1. The Kier molecular flexibility index (Phi) is 4.96. The minimum Gasteiger partial charge on any atom is -0.342 e. The first-order valence-electron chi connectivity index (χ1n) is 9.10. The van der Waals surface area contributed by atoms with E-state index in [1.54, 1.807) is 12.1 Å². The minimum atomic E-state index is -0.303. The highest BCUT2D eigenvalue weighted by atomic mass is 19.1. The van der Waals surface area contributed by atoms with Crippen LogP contribution < -0.4 is 0 Å². The normalized spacial score (nSPS) is 17.1. The van der Waals surface area contributed by atoms with Crippen molar-refractivity contribution in [2.24, 2.45) is 0 Å². The summed E-state index contributed by atoms with van der Waals surface area (Å²) in [7, 11) is 0. The van der Waals surface area contributed by atoms with E-state index in [-0.39, 0.29) is 17.6 Å². The van der Waals surface area contributed by atoms with Crippen LogP contribution in [0.5, 0.6) is 0 Å². The molecular weight excluding hydrogens is 345 g/mol. The summed E-state index contributed by atoms with van der Waals surface area (Å²) in [5.74, 6) is 0.816. The Bertz CT molecular complexity index is 909. The molecule has 0 saturated carbocycles. The van der Waals surface area contributed by atoms with E-state index in [2.05, 4.69) is 10.1 Å². The van der Waals surface area contributed by atoms with E-state index < -0.39 is 0 Å². The predicted octanol–water partition coefficient (Wildman–Crippen LogP) is 3.82. The quantitative estimate of drug-likeness (QED) is 0.705. The Morgan fingerprint density at radius 3 is 2.70 bits per heavy atom. The number of piperidine rings is 1. The van der Waals surface area contributed by atoms with Gasteiger partial charge in [0, 0.05) is 18.7 Å². The maximum Gasteiger partial charge on any atom is 0.231 e. The standard InChI is InChI=1S/C21H20FN3O2/c22-18-10-8-16(9-11-18)20-23-21(27-24-20)17-7-4-12-25(14-17)19(26)13-15-5-2-1-3-6-15/h1-3,5-6,8-11,17H,4,7,12-14H2. The average Bonchev–Trinajstić information content (AvgIpc) is 3.20. The molecule has 1 unspecified atom stereocenters. The molecule has 0 radical (unpaired) electrons. The summed E-state index contributed by atoms with van der Waals surface area (Å²) in [6.07, 6.45) is 2.21. The third-order valence-corrected chi connectivity index (χ3v) is 4.87. The third kappa shape index (κ3) is 4.05. The molecule has 1 aliphatic heterocycles. The second-order valence-corrected chi connectivity index (χ2v) is 6.80. The van der Waals surface area contributed by atoms with Crippen LogP contribution in [0.25, 0.3) is 11.4 Å². The Morgan fingerprint density at radius 2 is 1.93 bits per heavy atom. The van der Waals surface area contributed by atoms with Crippen LogP contribution in [0.1, 0.15) is 30.2 Å². The zero-order valence-electron chi connectivity index (χ0n) is 14.8. The molecule has 1 fully saturated rings. The molecule has 1 saturated heterocycles. The molecule has 0 N–H and O–H groups in total. The van der Waals surface area contributed by atoms with Crippen molar-refractivity contribution in [2.45, 2.75) is 25.2 Å². The van der Waals surface area contributed by atoms with E-state index in [9.17, 15) is 9.18 Å². The molecule has 5 nitrogen and oxygen atoms in total. The first-order chi connectivity index (χ1) is 13.2. The lowest BCUT2D eigenvalue weighted by atomic mass is 9.97. The Morgan fingerprint density at radius 1 is 1.15 bits per heavy atom. The van der Waals surface area contributed by atoms with Crippen molar-refractivity contribution in [3.05, 3.63) is 71.9 Å². The Balaban J connectivity index is 1.44. The van der Waals surface area contributed by atoms with Gasteiger partial charge in [-0.25, -0.2) is 4.39 Å². The van der Waals surface area contributed by atoms with Gasteiger partial charge in [0.15, 0.2) is 0 Å². The number of likely N-dealkylation sites (tertiary alicyclic amines) is 1.